The summed E-state index contributed by atoms with van der Waals surface area (Å²) >= 11 is 9.23. The van der Waals surface area contributed by atoms with Crippen LogP contribution in [0.4, 0.5) is 0 Å². The summed E-state index contributed by atoms with van der Waals surface area (Å²) in [7, 11) is 0. The number of carbonyl (C=O) groups excluding carboxylic acids is 1. The minimum absolute atomic E-state index is 0.0313. The lowest BCUT2D eigenvalue weighted by molar-refractivity contribution is 0.0651. The number of likely N-dealkylation sites (tertiary alicyclic amines) is 1. The quantitative estimate of drug-likeness (QED) is 0.904. The largest absolute Gasteiger partial charge is 0.396 e. The molecule has 98 valence electrons. The predicted octanol–water partition coefficient (Wildman–Crippen LogP) is 2.95. The van der Waals surface area contributed by atoms with Crippen LogP contribution in [0.15, 0.2) is 22.7 Å². The van der Waals surface area contributed by atoms with Crippen LogP contribution in [0.5, 0.6) is 0 Å². The van der Waals surface area contributed by atoms with Crippen LogP contribution in [-0.4, -0.2) is 35.6 Å². The number of carbonyl (C=O) groups is 1. The number of halogens is 2. The van der Waals surface area contributed by atoms with Gasteiger partial charge in [0.25, 0.3) is 5.91 Å². The maximum Gasteiger partial charge on any atom is 0.253 e. The number of piperidine rings is 1. The van der Waals surface area contributed by atoms with Crippen LogP contribution in [0.2, 0.25) is 5.02 Å². The second-order valence-corrected chi connectivity index (χ2v) is 5.81. The van der Waals surface area contributed by atoms with Gasteiger partial charge >= 0.3 is 0 Å². The number of hydrogen-bond acceptors (Lipinski definition) is 2. The molecule has 0 spiro atoms. The third-order valence-corrected chi connectivity index (χ3v) is 4.54. The van der Waals surface area contributed by atoms with E-state index in [4.69, 9.17) is 16.7 Å². The highest BCUT2D eigenvalue weighted by molar-refractivity contribution is 9.10. The van der Waals surface area contributed by atoms with E-state index in [9.17, 15) is 4.79 Å². The molecule has 0 unspecified atom stereocenters. The van der Waals surface area contributed by atoms with Crippen LogP contribution < -0.4 is 0 Å². The second-order valence-electron chi connectivity index (χ2n) is 4.55. The molecule has 0 atom stereocenters. The predicted molar refractivity (Wildman–Crippen MR) is 74.9 cm³/mol. The first-order valence-corrected chi connectivity index (χ1v) is 7.14. The summed E-state index contributed by atoms with van der Waals surface area (Å²) in [5, 5.41) is 9.68. The highest BCUT2D eigenvalue weighted by Gasteiger charge is 2.23. The zero-order valence-corrected chi connectivity index (χ0v) is 12.2. The maximum atomic E-state index is 12.3. The molecule has 1 amide bonds. The van der Waals surface area contributed by atoms with E-state index in [1.807, 2.05) is 4.90 Å². The molecule has 1 heterocycles. The van der Waals surface area contributed by atoms with Crippen molar-refractivity contribution in [2.24, 2.45) is 5.92 Å². The molecule has 0 radical (unpaired) electrons. The molecule has 1 aliphatic heterocycles. The molecule has 1 saturated heterocycles. The number of nitrogens with zero attached hydrogens (tertiary/aromatic N) is 1. The van der Waals surface area contributed by atoms with Gasteiger partial charge in [-0.1, -0.05) is 11.6 Å². The van der Waals surface area contributed by atoms with Crippen LogP contribution in [0, 0.1) is 5.92 Å². The molecular formula is C13H15BrClNO2. The maximum absolute atomic E-state index is 12.3. The van der Waals surface area contributed by atoms with Crippen molar-refractivity contribution in [1.29, 1.82) is 0 Å². The summed E-state index contributed by atoms with van der Waals surface area (Å²) in [6, 6.07) is 5.22. The van der Waals surface area contributed by atoms with Crippen molar-refractivity contribution in [1.82, 2.24) is 4.90 Å². The molecule has 3 nitrogen and oxygen atoms in total. The van der Waals surface area contributed by atoms with Crippen molar-refractivity contribution in [3.8, 4) is 0 Å². The van der Waals surface area contributed by atoms with Crippen LogP contribution in [0.1, 0.15) is 23.2 Å². The Kier molecular flexibility index (Phi) is 4.65. The Balaban J connectivity index is 2.05. The molecule has 1 fully saturated rings. The lowest BCUT2D eigenvalue weighted by atomic mass is 9.97. The zero-order chi connectivity index (χ0) is 13.1. The zero-order valence-electron chi connectivity index (χ0n) is 9.90. The standard InChI is InChI=1S/C13H15BrClNO2/c14-11-7-10(1-2-12(11)15)13(18)16-5-3-9(8-17)4-6-16/h1-2,7,9,17H,3-6,8H2. The van der Waals surface area contributed by atoms with Gasteiger partial charge in [0.05, 0.1) is 5.02 Å². The molecule has 1 aliphatic rings. The third-order valence-electron chi connectivity index (χ3n) is 3.33. The lowest BCUT2D eigenvalue weighted by Crippen LogP contribution is -2.39. The molecule has 18 heavy (non-hydrogen) atoms. The fourth-order valence-corrected chi connectivity index (χ4v) is 2.63. The van der Waals surface area contributed by atoms with E-state index in [1.165, 1.54) is 0 Å². The summed E-state index contributed by atoms with van der Waals surface area (Å²) < 4.78 is 0.736. The first-order chi connectivity index (χ1) is 8.61. The SMILES string of the molecule is O=C(c1ccc(Cl)c(Br)c1)N1CCC(CO)CC1. The van der Waals surface area contributed by atoms with Crippen molar-refractivity contribution in [3.05, 3.63) is 33.3 Å². The van der Waals surface area contributed by atoms with Gasteiger partial charge < -0.3 is 10.0 Å². The lowest BCUT2D eigenvalue weighted by Gasteiger charge is -2.31. The average Bonchev–Trinajstić information content (AvgIpc) is 2.41. The summed E-state index contributed by atoms with van der Waals surface area (Å²) in [5.41, 5.74) is 0.647. The molecule has 0 aromatic heterocycles. The molecule has 0 aliphatic carbocycles. The van der Waals surface area contributed by atoms with E-state index >= 15 is 0 Å². The van der Waals surface area contributed by atoms with Crippen molar-refractivity contribution >= 4 is 33.4 Å². The minimum atomic E-state index is 0.0313. The molecular weight excluding hydrogens is 318 g/mol. The van der Waals surface area contributed by atoms with E-state index < -0.39 is 0 Å². The van der Waals surface area contributed by atoms with E-state index in [-0.39, 0.29) is 12.5 Å². The highest BCUT2D eigenvalue weighted by Crippen LogP contribution is 2.25. The summed E-state index contributed by atoms with van der Waals surface area (Å²) in [6.07, 6.45) is 1.74. The van der Waals surface area contributed by atoms with Gasteiger partial charge in [0.15, 0.2) is 0 Å². The normalized spacial score (nSPS) is 16.9. The monoisotopic (exact) mass is 331 g/mol. The Morgan fingerprint density at radius 2 is 2.11 bits per heavy atom. The molecule has 2 rings (SSSR count). The number of hydrogen-bond donors (Lipinski definition) is 1. The van der Waals surface area contributed by atoms with Gasteiger partial charge in [0.2, 0.25) is 0 Å². The fourth-order valence-electron chi connectivity index (χ4n) is 2.13. The molecule has 0 bridgehead atoms. The summed E-state index contributed by atoms with van der Waals surface area (Å²) in [5.74, 6) is 0.370. The van der Waals surface area contributed by atoms with Gasteiger partial charge in [0, 0.05) is 29.7 Å². The van der Waals surface area contributed by atoms with Crippen LogP contribution in [0.25, 0.3) is 0 Å². The van der Waals surface area contributed by atoms with Crippen LogP contribution in [-0.2, 0) is 0 Å². The Morgan fingerprint density at radius 1 is 1.44 bits per heavy atom. The van der Waals surface area contributed by atoms with Crippen LogP contribution in [0.3, 0.4) is 0 Å². The molecule has 1 aromatic carbocycles. The van der Waals surface area contributed by atoms with Gasteiger partial charge in [-0.15, -0.1) is 0 Å². The smallest absolute Gasteiger partial charge is 0.253 e. The molecule has 5 heteroatoms. The Hall–Kier alpha value is -0.580. The van der Waals surface area contributed by atoms with Gasteiger partial charge in [-0.25, -0.2) is 0 Å². The van der Waals surface area contributed by atoms with Crippen molar-refractivity contribution in [3.63, 3.8) is 0 Å². The summed E-state index contributed by atoms with van der Waals surface area (Å²) in [4.78, 5) is 14.1. The Morgan fingerprint density at radius 3 is 2.67 bits per heavy atom. The number of aliphatic hydroxyl groups is 1. The minimum Gasteiger partial charge on any atom is -0.396 e. The number of rotatable bonds is 2. The van der Waals surface area contributed by atoms with Gasteiger partial charge in [-0.2, -0.15) is 0 Å². The molecule has 0 saturated carbocycles. The van der Waals surface area contributed by atoms with Gasteiger partial charge in [-0.3, -0.25) is 4.79 Å². The van der Waals surface area contributed by atoms with E-state index in [1.54, 1.807) is 18.2 Å². The first-order valence-electron chi connectivity index (χ1n) is 5.97. The number of aliphatic hydroxyl groups excluding tert-OH is 1. The van der Waals surface area contributed by atoms with Crippen molar-refractivity contribution in [2.45, 2.75) is 12.8 Å². The number of benzene rings is 1. The molecule has 1 N–H and O–H groups in total. The van der Waals surface area contributed by atoms with Crippen LogP contribution >= 0.6 is 27.5 Å². The van der Waals surface area contributed by atoms with Crippen molar-refractivity contribution in [2.75, 3.05) is 19.7 Å². The topological polar surface area (TPSA) is 40.5 Å². The Labute approximate surface area is 120 Å². The average molecular weight is 333 g/mol. The molecule has 1 aromatic rings. The van der Waals surface area contributed by atoms with Gasteiger partial charge in [-0.05, 0) is 52.9 Å². The number of amides is 1. The van der Waals surface area contributed by atoms with Crippen molar-refractivity contribution < 1.29 is 9.90 Å². The second kappa shape index (κ2) is 6.04. The first kappa shape index (κ1) is 13.8. The highest BCUT2D eigenvalue weighted by atomic mass is 79.9. The van der Waals surface area contributed by atoms with E-state index in [2.05, 4.69) is 15.9 Å². The third kappa shape index (κ3) is 3.05. The fraction of sp³-hybridized carbons (Fsp3) is 0.462. The van der Waals surface area contributed by atoms with Gasteiger partial charge in [0.1, 0.15) is 0 Å². The summed E-state index contributed by atoms with van der Waals surface area (Å²) in [6.45, 7) is 1.64. The van der Waals surface area contributed by atoms with E-state index in [0.717, 1.165) is 17.3 Å². The van der Waals surface area contributed by atoms with E-state index in [0.29, 0.717) is 29.6 Å². The Bertz CT molecular complexity index is 445.